The molecule has 19 heavy (non-hydrogen) atoms. The number of amides is 2. The lowest BCUT2D eigenvalue weighted by Crippen LogP contribution is -2.43. The normalized spacial score (nSPS) is 12.9. The first-order chi connectivity index (χ1) is 8.62. The predicted molar refractivity (Wildman–Crippen MR) is 77.4 cm³/mol. The molecule has 0 saturated carbocycles. The Labute approximate surface area is 118 Å². The molecule has 1 aromatic heterocycles. The molecule has 0 fully saturated rings. The molecule has 0 aromatic carbocycles. The number of carbonyl (C=O) groups is 2. The molecule has 1 heterocycles. The molecular formula is C13H21N3O2S. The van der Waals surface area contributed by atoms with Crippen molar-refractivity contribution in [3.8, 4) is 0 Å². The van der Waals surface area contributed by atoms with E-state index in [9.17, 15) is 9.59 Å². The van der Waals surface area contributed by atoms with Crippen LogP contribution in [-0.2, 0) is 4.79 Å². The maximum Gasteiger partial charge on any atom is 0.273 e. The van der Waals surface area contributed by atoms with Gasteiger partial charge in [0.25, 0.3) is 5.91 Å². The third-order valence-electron chi connectivity index (χ3n) is 3.16. The van der Waals surface area contributed by atoms with Gasteiger partial charge in [0, 0.05) is 25.4 Å². The SMILES string of the molecule is CC(=O)Nc1nc(C(=O)N(C)C(C)C(C)(C)C)cs1. The quantitative estimate of drug-likeness (QED) is 0.927. The second-order valence-electron chi connectivity index (χ2n) is 5.68. The standard InChI is InChI=1S/C13H21N3O2S/c1-8(13(3,4)5)16(6)11(18)10-7-19-12(15-10)14-9(2)17/h7-8H,1-6H3,(H,14,15,17). The second kappa shape index (κ2) is 5.69. The van der Waals surface area contributed by atoms with Gasteiger partial charge in [0.15, 0.2) is 5.13 Å². The topological polar surface area (TPSA) is 62.3 Å². The van der Waals surface area contributed by atoms with Gasteiger partial charge in [0.05, 0.1) is 0 Å². The van der Waals surface area contributed by atoms with Crippen LogP contribution in [0.1, 0.15) is 45.1 Å². The van der Waals surface area contributed by atoms with Gasteiger partial charge in [-0.2, -0.15) is 0 Å². The fourth-order valence-electron chi connectivity index (χ4n) is 1.52. The minimum atomic E-state index is -0.190. The highest BCUT2D eigenvalue weighted by atomic mass is 32.1. The van der Waals surface area contributed by atoms with E-state index >= 15 is 0 Å². The summed E-state index contributed by atoms with van der Waals surface area (Å²) < 4.78 is 0. The van der Waals surface area contributed by atoms with E-state index in [0.717, 1.165) is 0 Å². The highest BCUT2D eigenvalue weighted by Crippen LogP contribution is 2.25. The molecule has 1 atom stereocenters. The summed E-state index contributed by atoms with van der Waals surface area (Å²) in [7, 11) is 1.77. The summed E-state index contributed by atoms with van der Waals surface area (Å²) in [6, 6.07) is 0.0888. The van der Waals surface area contributed by atoms with Crippen LogP contribution in [-0.4, -0.2) is 34.8 Å². The lowest BCUT2D eigenvalue weighted by molar-refractivity contribution is -0.114. The van der Waals surface area contributed by atoms with Crippen molar-refractivity contribution in [1.82, 2.24) is 9.88 Å². The first-order valence-corrected chi connectivity index (χ1v) is 7.01. The zero-order chi connectivity index (χ0) is 14.8. The van der Waals surface area contributed by atoms with Crippen molar-refractivity contribution in [2.24, 2.45) is 5.41 Å². The van der Waals surface area contributed by atoms with Crippen molar-refractivity contribution < 1.29 is 9.59 Å². The van der Waals surface area contributed by atoms with Gasteiger partial charge in [-0.15, -0.1) is 11.3 Å². The maximum atomic E-state index is 12.3. The van der Waals surface area contributed by atoms with E-state index in [1.54, 1.807) is 17.3 Å². The number of hydrogen-bond donors (Lipinski definition) is 1. The number of anilines is 1. The van der Waals surface area contributed by atoms with Crippen molar-refractivity contribution in [3.05, 3.63) is 11.1 Å². The zero-order valence-corrected chi connectivity index (χ0v) is 13.1. The van der Waals surface area contributed by atoms with Gasteiger partial charge in [-0.3, -0.25) is 9.59 Å². The lowest BCUT2D eigenvalue weighted by Gasteiger charge is -2.35. The Hall–Kier alpha value is -1.43. The maximum absolute atomic E-state index is 12.3. The van der Waals surface area contributed by atoms with Crippen molar-refractivity contribution >= 4 is 28.3 Å². The fourth-order valence-corrected chi connectivity index (χ4v) is 2.25. The lowest BCUT2D eigenvalue weighted by atomic mass is 9.87. The molecule has 1 rings (SSSR count). The first kappa shape index (κ1) is 15.6. The Bertz CT molecular complexity index is 476. The van der Waals surface area contributed by atoms with Gasteiger partial charge in [0.1, 0.15) is 5.69 Å². The number of thiazole rings is 1. The predicted octanol–water partition coefficient (Wildman–Crippen LogP) is 2.61. The molecular weight excluding hydrogens is 262 g/mol. The Balaban J connectivity index is 2.83. The van der Waals surface area contributed by atoms with Crippen LogP contribution in [0.15, 0.2) is 5.38 Å². The van der Waals surface area contributed by atoms with Crippen molar-refractivity contribution in [1.29, 1.82) is 0 Å². The molecule has 6 heteroatoms. The Morgan fingerprint density at radius 3 is 2.47 bits per heavy atom. The highest BCUT2D eigenvalue weighted by molar-refractivity contribution is 7.14. The summed E-state index contributed by atoms with van der Waals surface area (Å²) >= 11 is 1.25. The van der Waals surface area contributed by atoms with Gasteiger partial charge in [-0.1, -0.05) is 20.8 Å². The first-order valence-electron chi connectivity index (χ1n) is 6.13. The minimum absolute atomic E-state index is 0.000889. The van der Waals surface area contributed by atoms with Gasteiger partial charge >= 0.3 is 0 Å². The minimum Gasteiger partial charge on any atom is -0.337 e. The van der Waals surface area contributed by atoms with Gasteiger partial charge < -0.3 is 10.2 Å². The Morgan fingerprint density at radius 1 is 1.42 bits per heavy atom. The molecule has 0 aliphatic rings. The van der Waals surface area contributed by atoms with Gasteiger partial charge in [-0.25, -0.2) is 4.98 Å². The second-order valence-corrected chi connectivity index (χ2v) is 6.54. The van der Waals surface area contributed by atoms with Crippen LogP contribution in [0.5, 0.6) is 0 Å². The summed E-state index contributed by atoms with van der Waals surface area (Å²) in [5.41, 5.74) is 0.369. The Kier molecular flexibility index (Phi) is 4.68. The van der Waals surface area contributed by atoms with E-state index in [1.807, 2.05) is 6.92 Å². The van der Waals surface area contributed by atoms with Crippen LogP contribution in [0, 0.1) is 5.41 Å². The van der Waals surface area contributed by atoms with Crippen LogP contribution in [0.4, 0.5) is 5.13 Å². The van der Waals surface area contributed by atoms with Crippen LogP contribution < -0.4 is 5.32 Å². The summed E-state index contributed by atoms with van der Waals surface area (Å²) in [4.78, 5) is 29.0. The largest absolute Gasteiger partial charge is 0.337 e. The smallest absolute Gasteiger partial charge is 0.273 e. The van der Waals surface area contributed by atoms with Crippen molar-refractivity contribution in [3.63, 3.8) is 0 Å². The summed E-state index contributed by atoms with van der Waals surface area (Å²) in [5.74, 6) is -0.319. The fraction of sp³-hybridized carbons (Fsp3) is 0.615. The van der Waals surface area contributed by atoms with Crippen molar-refractivity contribution in [2.45, 2.75) is 40.7 Å². The number of nitrogens with one attached hydrogen (secondary N) is 1. The molecule has 0 aliphatic carbocycles. The number of hydrogen-bond acceptors (Lipinski definition) is 4. The van der Waals surface area contributed by atoms with Crippen LogP contribution in [0.25, 0.3) is 0 Å². The monoisotopic (exact) mass is 283 g/mol. The van der Waals surface area contributed by atoms with E-state index in [4.69, 9.17) is 0 Å². The van der Waals surface area contributed by atoms with Crippen LogP contribution in [0.2, 0.25) is 0 Å². The molecule has 0 saturated heterocycles. The van der Waals surface area contributed by atoms with E-state index in [-0.39, 0.29) is 23.3 Å². The molecule has 0 radical (unpaired) electrons. The molecule has 106 valence electrons. The third-order valence-corrected chi connectivity index (χ3v) is 3.92. The van der Waals surface area contributed by atoms with Crippen LogP contribution in [0.3, 0.4) is 0 Å². The number of aromatic nitrogens is 1. The Morgan fingerprint density at radius 2 is 2.00 bits per heavy atom. The molecule has 1 N–H and O–H groups in total. The molecule has 5 nitrogen and oxygen atoms in total. The number of carbonyl (C=O) groups excluding carboxylic acids is 2. The molecule has 0 aliphatic heterocycles. The number of nitrogens with zero attached hydrogens (tertiary/aromatic N) is 2. The summed E-state index contributed by atoms with van der Waals surface area (Å²) in [6.07, 6.45) is 0. The molecule has 2 amide bonds. The van der Waals surface area contributed by atoms with Crippen LogP contribution >= 0.6 is 11.3 Å². The number of rotatable bonds is 3. The molecule has 0 spiro atoms. The van der Waals surface area contributed by atoms with E-state index in [0.29, 0.717) is 10.8 Å². The van der Waals surface area contributed by atoms with E-state index in [2.05, 4.69) is 31.1 Å². The van der Waals surface area contributed by atoms with Gasteiger partial charge in [0.2, 0.25) is 5.91 Å². The van der Waals surface area contributed by atoms with E-state index < -0.39 is 0 Å². The van der Waals surface area contributed by atoms with Gasteiger partial charge in [-0.05, 0) is 12.3 Å². The van der Waals surface area contributed by atoms with Crippen molar-refractivity contribution in [2.75, 3.05) is 12.4 Å². The average molecular weight is 283 g/mol. The van der Waals surface area contributed by atoms with E-state index in [1.165, 1.54) is 18.3 Å². The molecule has 0 bridgehead atoms. The zero-order valence-electron chi connectivity index (χ0n) is 12.3. The summed E-state index contributed by atoms with van der Waals surface area (Å²) in [6.45, 7) is 9.69. The molecule has 1 aromatic rings. The molecule has 1 unspecified atom stereocenters. The third kappa shape index (κ3) is 4.02. The highest BCUT2D eigenvalue weighted by Gasteiger charge is 2.28. The average Bonchev–Trinajstić information content (AvgIpc) is 2.72. The summed E-state index contributed by atoms with van der Waals surface area (Å²) in [5, 5.41) is 4.69.